The lowest BCUT2D eigenvalue weighted by atomic mass is 10.3. The monoisotopic (exact) mass is 256 g/mol. The predicted octanol–water partition coefficient (Wildman–Crippen LogP) is 2.26. The number of rotatable bonds is 3. The molecule has 2 rings (SSSR count). The fourth-order valence-corrected chi connectivity index (χ4v) is 1.45. The van der Waals surface area contributed by atoms with Crippen molar-refractivity contribution in [2.24, 2.45) is 0 Å². The highest BCUT2D eigenvalue weighted by atomic mass is 16.5. The third-order valence-corrected chi connectivity index (χ3v) is 2.26. The number of hydrogen-bond acceptors (Lipinski definition) is 4. The van der Waals surface area contributed by atoms with Gasteiger partial charge in [0.05, 0.1) is 0 Å². The largest absolute Gasteiger partial charge is 0.422 e. The molecule has 19 heavy (non-hydrogen) atoms. The number of aromatic nitrogens is 1. The summed E-state index contributed by atoms with van der Waals surface area (Å²) in [5, 5.41) is 2.63. The summed E-state index contributed by atoms with van der Waals surface area (Å²) in [5.74, 6) is -0.282. The van der Waals surface area contributed by atoms with Gasteiger partial charge in [-0.1, -0.05) is 6.07 Å². The van der Waals surface area contributed by atoms with Gasteiger partial charge in [0.2, 0.25) is 5.91 Å². The van der Waals surface area contributed by atoms with E-state index in [1.165, 1.54) is 13.1 Å². The topological polar surface area (TPSA) is 68.3 Å². The highest BCUT2D eigenvalue weighted by Crippen LogP contribution is 2.16. The van der Waals surface area contributed by atoms with E-state index in [0.29, 0.717) is 11.4 Å². The van der Waals surface area contributed by atoms with E-state index in [4.69, 9.17) is 4.74 Å². The van der Waals surface area contributed by atoms with Crippen LogP contribution < -0.4 is 10.1 Å². The van der Waals surface area contributed by atoms with E-state index in [-0.39, 0.29) is 11.6 Å². The number of pyridine rings is 1. The number of carbonyl (C=O) groups excluding carboxylic acids is 2. The lowest BCUT2D eigenvalue weighted by molar-refractivity contribution is -0.114. The van der Waals surface area contributed by atoms with Crippen LogP contribution in [0.2, 0.25) is 0 Å². The van der Waals surface area contributed by atoms with Crippen LogP contribution in [0.3, 0.4) is 0 Å². The summed E-state index contributed by atoms with van der Waals surface area (Å²) < 4.78 is 5.15. The maximum Gasteiger partial charge on any atom is 0.362 e. The van der Waals surface area contributed by atoms with Crippen molar-refractivity contribution in [3.05, 3.63) is 54.4 Å². The average molecular weight is 256 g/mol. The average Bonchev–Trinajstić information content (AvgIpc) is 2.41. The Kier molecular flexibility index (Phi) is 3.87. The number of carbonyl (C=O) groups is 2. The van der Waals surface area contributed by atoms with Crippen LogP contribution >= 0.6 is 0 Å². The Morgan fingerprint density at radius 2 is 1.84 bits per heavy atom. The minimum atomic E-state index is -0.520. The predicted molar refractivity (Wildman–Crippen MR) is 69.9 cm³/mol. The fraction of sp³-hybridized carbons (Fsp3) is 0.0714. The van der Waals surface area contributed by atoms with Crippen molar-refractivity contribution in [2.75, 3.05) is 5.32 Å². The van der Waals surface area contributed by atoms with Crippen molar-refractivity contribution in [3.63, 3.8) is 0 Å². The first-order valence-corrected chi connectivity index (χ1v) is 5.66. The molecular formula is C14H12N2O3. The van der Waals surface area contributed by atoms with Crippen molar-refractivity contribution in [2.45, 2.75) is 6.92 Å². The van der Waals surface area contributed by atoms with Gasteiger partial charge in [-0.25, -0.2) is 9.78 Å². The van der Waals surface area contributed by atoms with Crippen molar-refractivity contribution >= 4 is 17.6 Å². The standard InChI is InChI=1S/C14H12N2O3/c1-10(17)16-11-5-7-12(8-6-11)19-14(18)13-4-2-3-9-15-13/h2-9H,1H3,(H,16,17). The highest BCUT2D eigenvalue weighted by molar-refractivity contribution is 5.90. The second-order valence-electron chi connectivity index (χ2n) is 3.81. The van der Waals surface area contributed by atoms with E-state index < -0.39 is 5.97 Å². The zero-order chi connectivity index (χ0) is 13.7. The van der Waals surface area contributed by atoms with E-state index in [1.54, 1.807) is 42.5 Å². The van der Waals surface area contributed by atoms with Gasteiger partial charge in [-0.15, -0.1) is 0 Å². The molecule has 0 aliphatic heterocycles. The van der Waals surface area contributed by atoms with Crippen LogP contribution in [-0.2, 0) is 4.79 Å². The second kappa shape index (κ2) is 5.77. The smallest absolute Gasteiger partial charge is 0.362 e. The molecule has 0 unspecified atom stereocenters. The molecule has 0 atom stereocenters. The molecule has 1 aromatic heterocycles. The van der Waals surface area contributed by atoms with Crippen LogP contribution in [0.4, 0.5) is 5.69 Å². The Bertz CT molecular complexity index is 579. The maximum absolute atomic E-state index is 11.7. The number of nitrogens with one attached hydrogen (secondary N) is 1. The summed E-state index contributed by atoms with van der Waals surface area (Å²) in [7, 11) is 0. The third-order valence-electron chi connectivity index (χ3n) is 2.26. The number of benzene rings is 1. The van der Waals surface area contributed by atoms with Gasteiger partial charge in [0.1, 0.15) is 11.4 Å². The Morgan fingerprint density at radius 3 is 2.42 bits per heavy atom. The summed E-state index contributed by atoms with van der Waals surface area (Å²) in [6, 6.07) is 11.5. The van der Waals surface area contributed by atoms with Crippen LogP contribution in [0.1, 0.15) is 17.4 Å². The van der Waals surface area contributed by atoms with Gasteiger partial charge in [-0.05, 0) is 36.4 Å². The van der Waals surface area contributed by atoms with Gasteiger partial charge in [-0.2, -0.15) is 0 Å². The van der Waals surface area contributed by atoms with Crippen LogP contribution in [0.15, 0.2) is 48.7 Å². The van der Waals surface area contributed by atoms with Gasteiger partial charge in [0.15, 0.2) is 0 Å². The number of ether oxygens (including phenoxy) is 1. The van der Waals surface area contributed by atoms with Crippen LogP contribution in [0.5, 0.6) is 5.75 Å². The minimum Gasteiger partial charge on any atom is -0.422 e. The molecule has 1 N–H and O–H groups in total. The van der Waals surface area contributed by atoms with E-state index in [2.05, 4.69) is 10.3 Å². The first-order valence-electron chi connectivity index (χ1n) is 5.66. The van der Waals surface area contributed by atoms with Gasteiger partial charge >= 0.3 is 5.97 Å². The highest BCUT2D eigenvalue weighted by Gasteiger charge is 2.09. The molecule has 1 heterocycles. The number of esters is 1. The molecule has 0 saturated carbocycles. The molecule has 2 aromatic rings. The Labute approximate surface area is 110 Å². The molecule has 96 valence electrons. The van der Waals surface area contributed by atoms with Crippen molar-refractivity contribution < 1.29 is 14.3 Å². The SMILES string of the molecule is CC(=O)Nc1ccc(OC(=O)c2ccccn2)cc1. The van der Waals surface area contributed by atoms with E-state index in [1.807, 2.05) is 0 Å². The zero-order valence-corrected chi connectivity index (χ0v) is 10.3. The molecule has 5 heteroatoms. The number of nitrogens with zero attached hydrogens (tertiary/aromatic N) is 1. The first-order chi connectivity index (χ1) is 9.15. The van der Waals surface area contributed by atoms with E-state index in [0.717, 1.165) is 0 Å². The second-order valence-corrected chi connectivity index (χ2v) is 3.81. The van der Waals surface area contributed by atoms with Gasteiger partial charge in [-0.3, -0.25) is 4.79 Å². The molecule has 0 fully saturated rings. The molecule has 0 aliphatic rings. The van der Waals surface area contributed by atoms with Crippen LogP contribution in [-0.4, -0.2) is 16.9 Å². The maximum atomic E-state index is 11.7. The van der Waals surface area contributed by atoms with E-state index in [9.17, 15) is 9.59 Å². The summed E-state index contributed by atoms with van der Waals surface area (Å²) in [5.41, 5.74) is 0.888. The Hall–Kier alpha value is -2.69. The van der Waals surface area contributed by atoms with Gasteiger partial charge < -0.3 is 10.1 Å². The van der Waals surface area contributed by atoms with Gasteiger partial charge in [0, 0.05) is 18.8 Å². The normalized spacial score (nSPS) is 9.74. The van der Waals surface area contributed by atoms with Crippen molar-refractivity contribution in [3.8, 4) is 5.75 Å². The summed E-state index contributed by atoms with van der Waals surface area (Å²) in [6.45, 7) is 1.43. The first kappa shape index (κ1) is 12.8. The Morgan fingerprint density at radius 1 is 1.11 bits per heavy atom. The van der Waals surface area contributed by atoms with Crippen molar-refractivity contribution in [1.82, 2.24) is 4.98 Å². The van der Waals surface area contributed by atoms with Gasteiger partial charge in [0.25, 0.3) is 0 Å². The molecule has 0 saturated heterocycles. The zero-order valence-electron chi connectivity index (χ0n) is 10.3. The molecule has 0 aliphatic carbocycles. The van der Waals surface area contributed by atoms with Crippen LogP contribution in [0, 0.1) is 0 Å². The fourth-order valence-electron chi connectivity index (χ4n) is 1.45. The Balaban J connectivity index is 2.04. The molecule has 0 spiro atoms. The summed E-state index contributed by atoms with van der Waals surface area (Å²) >= 11 is 0. The number of amides is 1. The van der Waals surface area contributed by atoms with E-state index >= 15 is 0 Å². The molecule has 0 radical (unpaired) electrons. The third kappa shape index (κ3) is 3.64. The van der Waals surface area contributed by atoms with Crippen LogP contribution in [0.25, 0.3) is 0 Å². The number of anilines is 1. The molecule has 1 aromatic carbocycles. The molecule has 5 nitrogen and oxygen atoms in total. The summed E-state index contributed by atoms with van der Waals surface area (Å²) in [6.07, 6.45) is 1.52. The summed E-state index contributed by atoms with van der Waals surface area (Å²) in [4.78, 5) is 26.5. The molecule has 1 amide bonds. The quantitative estimate of drug-likeness (QED) is 0.675. The minimum absolute atomic E-state index is 0.154. The molecular weight excluding hydrogens is 244 g/mol. The number of hydrogen-bond donors (Lipinski definition) is 1. The van der Waals surface area contributed by atoms with Crippen molar-refractivity contribution in [1.29, 1.82) is 0 Å². The lowest BCUT2D eigenvalue weighted by Gasteiger charge is -2.05. The molecule has 0 bridgehead atoms. The lowest BCUT2D eigenvalue weighted by Crippen LogP contribution is -2.10.